The molecule has 8 heteroatoms. The zero-order valence-corrected chi connectivity index (χ0v) is 12.7. The molecule has 1 aliphatic heterocycles. The van der Waals surface area contributed by atoms with Gasteiger partial charge in [0.25, 0.3) is 11.5 Å². The second kappa shape index (κ2) is 5.26. The highest BCUT2D eigenvalue weighted by molar-refractivity contribution is 7.94. The van der Waals surface area contributed by atoms with Gasteiger partial charge in [-0.25, -0.2) is 8.42 Å². The lowest BCUT2D eigenvalue weighted by Crippen LogP contribution is -2.38. The van der Waals surface area contributed by atoms with E-state index in [0.29, 0.717) is 15.9 Å². The van der Waals surface area contributed by atoms with Gasteiger partial charge in [-0.2, -0.15) is 0 Å². The molecule has 0 radical (unpaired) electrons. The van der Waals surface area contributed by atoms with Crippen LogP contribution in [0, 0.1) is 0 Å². The number of aromatic amines is 1. The maximum Gasteiger partial charge on any atom is 0.261 e. The highest BCUT2D eigenvalue weighted by atomic mass is 35.5. The molecule has 1 aliphatic rings. The first-order valence-corrected chi connectivity index (χ1v) is 8.48. The van der Waals surface area contributed by atoms with Gasteiger partial charge in [0, 0.05) is 15.9 Å². The van der Waals surface area contributed by atoms with Crippen LogP contribution < -0.4 is 10.9 Å². The number of rotatable bonds is 2. The van der Waals surface area contributed by atoms with Crippen LogP contribution in [0.4, 0.5) is 0 Å². The van der Waals surface area contributed by atoms with Crippen molar-refractivity contribution in [1.29, 1.82) is 0 Å². The fourth-order valence-electron chi connectivity index (χ4n) is 2.25. The summed E-state index contributed by atoms with van der Waals surface area (Å²) in [5.74, 6) is -0.815. The number of aromatic nitrogens is 1. The second-order valence-corrected chi connectivity index (χ2v) is 7.35. The Labute approximate surface area is 130 Å². The van der Waals surface area contributed by atoms with Crippen molar-refractivity contribution in [2.45, 2.75) is 6.04 Å². The SMILES string of the molecule is O=C(N[C@@H]1C=CS(=O)(=O)C1)c1cc2ccc(Cl)cc2[nH]c1=O. The van der Waals surface area contributed by atoms with Crippen molar-refractivity contribution in [3.63, 3.8) is 0 Å². The van der Waals surface area contributed by atoms with Gasteiger partial charge in [-0.15, -0.1) is 0 Å². The monoisotopic (exact) mass is 338 g/mol. The van der Waals surface area contributed by atoms with Crippen LogP contribution in [0.5, 0.6) is 0 Å². The van der Waals surface area contributed by atoms with Crippen molar-refractivity contribution in [3.8, 4) is 0 Å². The van der Waals surface area contributed by atoms with Crippen molar-refractivity contribution in [2.75, 3.05) is 5.75 Å². The molecule has 1 aromatic heterocycles. The normalized spacial score (nSPS) is 19.4. The molecule has 22 heavy (non-hydrogen) atoms. The molecular formula is C14H11ClN2O4S. The quantitative estimate of drug-likeness (QED) is 0.860. The van der Waals surface area contributed by atoms with Crippen LogP contribution in [-0.4, -0.2) is 31.1 Å². The number of amides is 1. The highest BCUT2D eigenvalue weighted by Crippen LogP contribution is 2.17. The third kappa shape index (κ3) is 2.90. The topological polar surface area (TPSA) is 96.1 Å². The van der Waals surface area contributed by atoms with E-state index in [1.54, 1.807) is 18.2 Å². The number of pyridine rings is 1. The van der Waals surface area contributed by atoms with E-state index in [0.717, 1.165) is 5.41 Å². The Hall–Kier alpha value is -2.12. The van der Waals surface area contributed by atoms with Gasteiger partial charge in [0.05, 0.1) is 11.8 Å². The maximum atomic E-state index is 12.2. The summed E-state index contributed by atoms with van der Waals surface area (Å²) in [6.07, 6.45) is 1.39. The summed E-state index contributed by atoms with van der Waals surface area (Å²) in [5, 5.41) is 4.71. The van der Waals surface area contributed by atoms with Gasteiger partial charge < -0.3 is 10.3 Å². The lowest BCUT2D eigenvalue weighted by molar-refractivity contribution is 0.0946. The number of hydrogen-bond donors (Lipinski definition) is 2. The third-order valence-electron chi connectivity index (χ3n) is 3.30. The maximum absolute atomic E-state index is 12.2. The van der Waals surface area contributed by atoms with E-state index in [-0.39, 0.29) is 11.3 Å². The smallest absolute Gasteiger partial charge is 0.261 e. The summed E-state index contributed by atoms with van der Waals surface area (Å²) >= 11 is 5.85. The number of carbonyl (C=O) groups is 1. The van der Waals surface area contributed by atoms with E-state index >= 15 is 0 Å². The standard InChI is InChI=1S/C14H11ClN2O4S/c15-9-2-1-8-5-11(14(19)17-12(8)6-9)13(18)16-10-3-4-22(20,21)7-10/h1-6,10H,7H2,(H,16,18)(H,17,19)/t10-/m1/s1. The Morgan fingerprint density at radius 1 is 1.32 bits per heavy atom. The van der Waals surface area contributed by atoms with Gasteiger partial charge >= 0.3 is 0 Å². The molecule has 6 nitrogen and oxygen atoms in total. The minimum absolute atomic E-state index is 0.0764. The fraction of sp³-hybridized carbons (Fsp3) is 0.143. The molecule has 0 spiro atoms. The lowest BCUT2D eigenvalue weighted by Gasteiger charge is -2.10. The Morgan fingerprint density at radius 2 is 2.09 bits per heavy atom. The van der Waals surface area contributed by atoms with E-state index in [4.69, 9.17) is 11.6 Å². The number of fused-ring (bicyclic) bond motifs is 1. The minimum atomic E-state index is -3.27. The zero-order chi connectivity index (χ0) is 15.9. The second-order valence-electron chi connectivity index (χ2n) is 4.98. The van der Waals surface area contributed by atoms with Crippen molar-refractivity contribution in [2.24, 2.45) is 0 Å². The van der Waals surface area contributed by atoms with Crippen LogP contribution in [0.15, 0.2) is 40.5 Å². The van der Waals surface area contributed by atoms with Crippen LogP contribution in [0.1, 0.15) is 10.4 Å². The average molecular weight is 339 g/mol. The molecule has 114 valence electrons. The summed E-state index contributed by atoms with van der Waals surface area (Å²) < 4.78 is 22.6. The first-order chi connectivity index (χ1) is 10.3. The van der Waals surface area contributed by atoms with Crippen LogP contribution in [0.25, 0.3) is 10.9 Å². The first kappa shape index (κ1) is 14.8. The van der Waals surface area contributed by atoms with Crippen LogP contribution in [0.2, 0.25) is 5.02 Å². The number of carbonyl (C=O) groups excluding carboxylic acids is 1. The van der Waals surface area contributed by atoms with Gasteiger partial charge in [-0.05, 0) is 29.7 Å². The molecule has 3 rings (SSSR count). The molecular weight excluding hydrogens is 328 g/mol. The van der Waals surface area contributed by atoms with Crippen molar-refractivity contribution in [3.05, 3.63) is 56.7 Å². The predicted molar refractivity (Wildman–Crippen MR) is 83.8 cm³/mol. The molecule has 2 aromatic rings. The van der Waals surface area contributed by atoms with E-state index in [1.807, 2.05) is 0 Å². The minimum Gasteiger partial charge on any atom is -0.345 e. The van der Waals surface area contributed by atoms with E-state index < -0.39 is 27.3 Å². The number of hydrogen-bond acceptors (Lipinski definition) is 4. The number of benzene rings is 1. The number of nitrogens with one attached hydrogen (secondary N) is 2. The predicted octanol–water partition coefficient (Wildman–Crippen LogP) is 1.22. The molecule has 1 amide bonds. The molecule has 0 saturated heterocycles. The molecule has 0 bridgehead atoms. The Balaban J connectivity index is 1.91. The summed E-state index contributed by atoms with van der Waals surface area (Å²) in [4.78, 5) is 26.7. The van der Waals surface area contributed by atoms with Gasteiger partial charge in [0.15, 0.2) is 9.84 Å². The fourth-order valence-corrected chi connectivity index (χ4v) is 3.66. The molecule has 0 unspecified atom stereocenters. The number of halogens is 1. The van der Waals surface area contributed by atoms with E-state index in [9.17, 15) is 18.0 Å². The Bertz CT molecular complexity index is 962. The summed E-state index contributed by atoms with van der Waals surface area (Å²) in [6, 6.07) is 5.75. The van der Waals surface area contributed by atoms with Crippen LogP contribution in [-0.2, 0) is 9.84 Å². The lowest BCUT2D eigenvalue weighted by atomic mass is 10.1. The van der Waals surface area contributed by atoms with Gasteiger partial charge in [0.2, 0.25) is 0 Å². The van der Waals surface area contributed by atoms with Crippen molar-refractivity contribution in [1.82, 2.24) is 10.3 Å². The third-order valence-corrected chi connectivity index (χ3v) is 4.93. The largest absolute Gasteiger partial charge is 0.345 e. The molecule has 0 saturated carbocycles. The number of H-pyrrole nitrogens is 1. The van der Waals surface area contributed by atoms with E-state index in [1.165, 1.54) is 12.1 Å². The van der Waals surface area contributed by atoms with Crippen molar-refractivity contribution >= 4 is 38.2 Å². The zero-order valence-electron chi connectivity index (χ0n) is 11.2. The molecule has 0 aliphatic carbocycles. The summed E-state index contributed by atoms with van der Waals surface area (Å²) in [7, 11) is -3.27. The van der Waals surface area contributed by atoms with Gasteiger partial charge in [-0.3, -0.25) is 9.59 Å². The molecule has 0 fully saturated rings. The first-order valence-electron chi connectivity index (χ1n) is 6.38. The Morgan fingerprint density at radius 3 is 2.77 bits per heavy atom. The Kier molecular flexibility index (Phi) is 3.54. The van der Waals surface area contributed by atoms with Crippen LogP contribution >= 0.6 is 11.6 Å². The van der Waals surface area contributed by atoms with Crippen molar-refractivity contribution < 1.29 is 13.2 Å². The highest BCUT2D eigenvalue weighted by Gasteiger charge is 2.24. The van der Waals surface area contributed by atoms with Gasteiger partial charge in [0.1, 0.15) is 5.56 Å². The average Bonchev–Trinajstić information content (AvgIpc) is 2.76. The molecule has 1 atom stereocenters. The van der Waals surface area contributed by atoms with Crippen LogP contribution in [0.3, 0.4) is 0 Å². The molecule has 2 N–H and O–H groups in total. The van der Waals surface area contributed by atoms with Gasteiger partial charge in [-0.1, -0.05) is 17.7 Å². The summed E-state index contributed by atoms with van der Waals surface area (Å²) in [5.41, 5.74) is -0.109. The number of sulfone groups is 1. The molecule has 1 aromatic carbocycles. The summed E-state index contributed by atoms with van der Waals surface area (Å²) in [6.45, 7) is 0. The van der Waals surface area contributed by atoms with E-state index in [2.05, 4.69) is 10.3 Å². The molecule has 2 heterocycles.